The molecule has 2 aromatic carbocycles. The van der Waals surface area contributed by atoms with E-state index in [2.05, 4.69) is 25.3 Å². The van der Waals surface area contributed by atoms with Crippen LogP contribution in [-0.2, 0) is 9.59 Å². The first-order valence-electron chi connectivity index (χ1n) is 10.6. The Balaban J connectivity index is 1.49. The highest BCUT2D eigenvalue weighted by molar-refractivity contribution is 5.88. The van der Waals surface area contributed by atoms with Crippen molar-refractivity contribution in [1.82, 2.24) is 15.3 Å². The number of primary amides is 1. The van der Waals surface area contributed by atoms with E-state index in [1.54, 1.807) is 24.5 Å². The molecule has 34 heavy (non-hydrogen) atoms. The lowest BCUT2D eigenvalue weighted by Crippen LogP contribution is -2.45. The molecule has 8 nitrogen and oxygen atoms in total. The zero-order valence-corrected chi connectivity index (χ0v) is 18.3. The highest BCUT2D eigenvalue weighted by Crippen LogP contribution is 2.32. The number of aromatic nitrogens is 2. The van der Waals surface area contributed by atoms with Crippen LogP contribution in [0.5, 0.6) is 5.75 Å². The predicted octanol–water partition coefficient (Wildman–Crippen LogP) is 3.50. The molecule has 2 heterocycles. The number of nitrogens with two attached hydrogens (primary N) is 1. The Morgan fingerprint density at radius 3 is 2.50 bits per heavy atom. The molecule has 2 amide bonds. The van der Waals surface area contributed by atoms with Gasteiger partial charge in [0.2, 0.25) is 17.8 Å². The van der Waals surface area contributed by atoms with Crippen molar-refractivity contribution < 1.29 is 23.1 Å². The Hall–Kier alpha value is -4.08. The van der Waals surface area contributed by atoms with Gasteiger partial charge in [0.1, 0.15) is 5.75 Å². The number of carbonyl (C=O) groups excluding carboxylic acids is 2. The van der Waals surface area contributed by atoms with E-state index < -0.39 is 24.4 Å². The van der Waals surface area contributed by atoms with Gasteiger partial charge < -0.3 is 21.1 Å². The fraction of sp³-hybridized carbons (Fsp3) is 0.250. The Kier molecular flexibility index (Phi) is 6.67. The van der Waals surface area contributed by atoms with Gasteiger partial charge in [-0.15, -0.1) is 0 Å². The van der Waals surface area contributed by atoms with Crippen molar-refractivity contribution in [3.63, 3.8) is 0 Å². The number of ether oxygens (including phenoxy) is 1. The van der Waals surface area contributed by atoms with Gasteiger partial charge in [-0.05, 0) is 54.3 Å². The zero-order chi connectivity index (χ0) is 24.2. The second-order valence-corrected chi connectivity index (χ2v) is 8.03. The molecule has 2 unspecified atom stereocenters. The van der Waals surface area contributed by atoms with Gasteiger partial charge in [-0.3, -0.25) is 9.59 Å². The molecule has 0 saturated carbocycles. The van der Waals surface area contributed by atoms with E-state index >= 15 is 0 Å². The first-order valence-corrected chi connectivity index (χ1v) is 10.6. The van der Waals surface area contributed by atoms with Crippen LogP contribution in [0, 0.1) is 12.8 Å². The molecule has 0 spiro atoms. The molecular formula is C24H23F2N5O3. The highest BCUT2D eigenvalue weighted by Gasteiger charge is 2.33. The first-order chi connectivity index (χ1) is 16.3. The molecule has 2 atom stereocenters. The number of nitrogens with zero attached hydrogens (tertiary/aromatic N) is 2. The van der Waals surface area contributed by atoms with Gasteiger partial charge in [0.25, 0.3) is 0 Å². The molecule has 10 heteroatoms. The van der Waals surface area contributed by atoms with Crippen LogP contribution in [0.1, 0.15) is 23.5 Å². The molecule has 1 fully saturated rings. The molecule has 1 saturated heterocycles. The van der Waals surface area contributed by atoms with E-state index in [0.717, 1.165) is 16.7 Å². The van der Waals surface area contributed by atoms with Crippen molar-refractivity contribution in [3.8, 4) is 16.9 Å². The molecular weight excluding hydrogens is 444 g/mol. The lowest BCUT2D eigenvalue weighted by Gasteiger charge is -2.28. The van der Waals surface area contributed by atoms with E-state index in [-0.39, 0.29) is 18.2 Å². The summed E-state index contributed by atoms with van der Waals surface area (Å²) >= 11 is 0. The second-order valence-electron chi connectivity index (χ2n) is 8.03. The number of hydrogen-bond donors (Lipinski definition) is 3. The van der Waals surface area contributed by atoms with Crippen LogP contribution >= 0.6 is 0 Å². The van der Waals surface area contributed by atoms with Crippen molar-refractivity contribution in [1.29, 1.82) is 0 Å². The lowest BCUT2D eigenvalue weighted by atomic mass is 9.82. The van der Waals surface area contributed by atoms with Crippen molar-refractivity contribution >= 4 is 23.5 Å². The normalized spacial score (nSPS) is 17.8. The molecule has 1 aliphatic heterocycles. The lowest BCUT2D eigenvalue weighted by molar-refractivity contribution is -0.128. The molecule has 0 bridgehead atoms. The van der Waals surface area contributed by atoms with Crippen molar-refractivity contribution in [3.05, 3.63) is 66.0 Å². The highest BCUT2D eigenvalue weighted by atomic mass is 19.3. The second kappa shape index (κ2) is 9.82. The molecule has 4 rings (SSSR count). The van der Waals surface area contributed by atoms with Crippen LogP contribution in [0.2, 0.25) is 0 Å². The number of anilines is 2. The van der Waals surface area contributed by atoms with E-state index in [4.69, 9.17) is 5.73 Å². The summed E-state index contributed by atoms with van der Waals surface area (Å²) < 4.78 is 29.0. The zero-order valence-electron chi connectivity index (χ0n) is 18.3. The fourth-order valence-electron chi connectivity index (χ4n) is 3.90. The number of hydrogen-bond acceptors (Lipinski definition) is 6. The minimum Gasteiger partial charge on any atom is -0.435 e. The summed E-state index contributed by atoms with van der Waals surface area (Å²) in [4.78, 5) is 32.7. The Morgan fingerprint density at radius 2 is 1.85 bits per heavy atom. The SMILES string of the molecule is Cc1ccc(Nc2ncc(-c3ccc(OC(F)F)cc3)cn2)cc1C1CC(C(N)=O)CNC1=O. The van der Waals surface area contributed by atoms with Gasteiger partial charge in [-0.2, -0.15) is 8.78 Å². The van der Waals surface area contributed by atoms with Crippen molar-refractivity contribution in [2.45, 2.75) is 25.9 Å². The van der Waals surface area contributed by atoms with Gasteiger partial charge in [0, 0.05) is 30.2 Å². The Morgan fingerprint density at radius 1 is 1.15 bits per heavy atom. The molecule has 1 aromatic heterocycles. The smallest absolute Gasteiger partial charge is 0.387 e. The first kappa shape index (κ1) is 23.1. The molecule has 4 N–H and O–H groups in total. The van der Waals surface area contributed by atoms with Crippen LogP contribution in [0.3, 0.4) is 0 Å². The third kappa shape index (κ3) is 5.28. The standard InChI is InChI=1S/C24H23F2N5O3/c1-13-2-5-17(9-19(13)20-8-15(21(27)32)10-28-22(20)33)31-24-29-11-16(12-30-24)14-3-6-18(7-4-14)34-23(25)26/h2-7,9,11-12,15,20,23H,8,10H2,1H3,(H2,27,32)(H,28,33)(H,29,30,31). The summed E-state index contributed by atoms with van der Waals surface area (Å²) in [5.74, 6) is -1.04. The predicted molar refractivity (Wildman–Crippen MR) is 122 cm³/mol. The summed E-state index contributed by atoms with van der Waals surface area (Å²) in [6.45, 7) is -0.716. The van der Waals surface area contributed by atoms with Crippen LogP contribution < -0.4 is 21.1 Å². The number of aryl methyl sites for hydroxylation is 1. The minimum absolute atomic E-state index is 0.0712. The third-order valence-electron chi connectivity index (χ3n) is 5.74. The number of amides is 2. The average molecular weight is 467 g/mol. The quantitative estimate of drug-likeness (QED) is 0.489. The van der Waals surface area contributed by atoms with Gasteiger partial charge in [0.05, 0.1) is 11.8 Å². The number of carbonyl (C=O) groups is 2. The number of rotatable bonds is 7. The molecule has 1 aliphatic rings. The summed E-state index contributed by atoms with van der Waals surface area (Å²) in [6, 6.07) is 11.8. The van der Waals surface area contributed by atoms with Gasteiger partial charge in [-0.25, -0.2) is 9.97 Å². The Bertz CT molecular complexity index is 1190. The minimum atomic E-state index is -2.88. The molecule has 3 aromatic rings. The maximum atomic E-state index is 12.5. The van der Waals surface area contributed by atoms with Gasteiger partial charge in [0.15, 0.2) is 0 Å². The monoisotopic (exact) mass is 467 g/mol. The Labute approximate surface area is 194 Å². The maximum Gasteiger partial charge on any atom is 0.387 e. The van der Waals surface area contributed by atoms with Crippen LogP contribution in [0.15, 0.2) is 54.9 Å². The summed E-state index contributed by atoms with van der Waals surface area (Å²) in [5.41, 5.74) is 9.32. The van der Waals surface area contributed by atoms with Crippen LogP contribution in [-0.4, -0.2) is 34.9 Å². The van der Waals surface area contributed by atoms with E-state index in [1.807, 2.05) is 25.1 Å². The number of nitrogens with one attached hydrogen (secondary N) is 2. The fourth-order valence-corrected chi connectivity index (χ4v) is 3.90. The molecule has 176 valence electrons. The van der Waals surface area contributed by atoms with Gasteiger partial charge >= 0.3 is 6.61 Å². The number of alkyl halides is 2. The topological polar surface area (TPSA) is 119 Å². The number of benzene rings is 2. The maximum absolute atomic E-state index is 12.5. The van der Waals surface area contributed by atoms with Crippen LogP contribution in [0.25, 0.3) is 11.1 Å². The van der Waals surface area contributed by atoms with E-state index in [0.29, 0.717) is 23.6 Å². The van der Waals surface area contributed by atoms with E-state index in [1.165, 1.54) is 12.1 Å². The average Bonchev–Trinajstić information content (AvgIpc) is 2.81. The van der Waals surface area contributed by atoms with E-state index in [9.17, 15) is 18.4 Å². The van der Waals surface area contributed by atoms with Crippen LogP contribution in [0.4, 0.5) is 20.4 Å². The third-order valence-corrected chi connectivity index (χ3v) is 5.74. The number of halogens is 2. The molecule has 0 radical (unpaired) electrons. The largest absolute Gasteiger partial charge is 0.435 e. The number of piperidine rings is 1. The van der Waals surface area contributed by atoms with Crippen molar-refractivity contribution in [2.75, 3.05) is 11.9 Å². The molecule has 0 aliphatic carbocycles. The van der Waals surface area contributed by atoms with Crippen molar-refractivity contribution in [2.24, 2.45) is 11.7 Å². The van der Waals surface area contributed by atoms with Gasteiger partial charge in [-0.1, -0.05) is 18.2 Å². The summed E-state index contributed by atoms with van der Waals surface area (Å²) in [5, 5.41) is 5.88. The summed E-state index contributed by atoms with van der Waals surface area (Å²) in [7, 11) is 0. The summed E-state index contributed by atoms with van der Waals surface area (Å²) in [6.07, 6.45) is 3.58.